The Morgan fingerprint density at radius 3 is 3.11 bits per heavy atom. The van der Waals surface area contributed by atoms with Crippen LogP contribution < -0.4 is 5.69 Å². The molecule has 0 atom stereocenters. The largest absolute Gasteiger partial charge is 0.344 e. The van der Waals surface area contributed by atoms with Crippen LogP contribution in [0.5, 0.6) is 0 Å². The van der Waals surface area contributed by atoms with E-state index in [-0.39, 0.29) is 11.7 Å². The molecule has 18 heavy (non-hydrogen) atoms. The summed E-state index contributed by atoms with van der Waals surface area (Å²) in [5, 5.41) is 16.6. The van der Waals surface area contributed by atoms with E-state index in [1.807, 2.05) is 0 Å². The van der Waals surface area contributed by atoms with Gasteiger partial charge in [0.1, 0.15) is 11.1 Å². The Morgan fingerprint density at radius 2 is 2.39 bits per heavy atom. The lowest BCUT2D eigenvalue weighted by molar-refractivity contribution is 0.642. The fourth-order valence-electron chi connectivity index (χ4n) is 1.66. The molecule has 1 fully saturated rings. The van der Waals surface area contributed by atoms with Crippen molar-refractivity contribution in [2.24, 2.45) is 0 Å². The number of aromatic amines is 1. The molecule has 0 spiro atoms. The Morgan fingerprint density at radius 1 is 1.56 bits per heavy atom. The van der Waals surface area contributed by atoms with Gasteiger partial charge in [0.2, 0.25) is 0 Å². The first kappa shape index (κ1) is 11.0. The minimum atomic E-state index is -0.200. The van der Waals surface area contributed by atoms with Gasteiger partial charge in [-0.1, -0.05) is 0 Å². The van der Waals surface area contributed by atoms with Crippen molar-refractivity contribution in [2.75, 3.05) is 0 Å². The van der Waals surface area contributed by atoms with Crippen molar-refractivity contribution < 1.29 is 0 Å². The third kappa shape index (κ3) is 1.91. The van der Waals surface area contributed by atoms with Crippen molar-refractivity contribution in [1.29, 1.82) is 5.26 Å². The van der Waals surface area contributed by atoms with Crippen LogP contribution in [0.4, 0.5) is 0 Å². The Kier molecular flexibility index (Phi) is 2.64. The monoisotopic (exact) mass is 259 g/mol. The second kappa shape index (κ2) is 4.31. The molecule has 1 saturated carbocycles. The van der Waals surface area contributed by atoms with Crippen LogP contribution in [0.25, 0.3) is 0 Å². The average Bonchev–Trinajstić information content (AvgIpc) is 3.16. The van der Waals surface area contributed by atoms with E-state index in [0.29, 0.717) is 15.7 Å². The summed E-state index contributed by atoms with van der Waals surface area (Å²) in [7, 11) is 0. The number of H-pyrrole nitrogens is 1. The topological polar surface area (TPSA) is 87.4 Å². The van der Waals surface area contributed by atoms with Crippen LogP contribution in [0.3, 0.4) is 0 Å². The number of nitriles is 1. The number of pyridine rings is 1. The van der Waals surface area contributed by atoms with E-state index in [1.165, 1.54) is 11.8 Å². The Hall–Kier alpha value is -2.07. The van der Waals surface area contributed by atoms with Gasteiger partial charge in [0.25, 0.3) is 0 Å². The molecule has 2 aromatic rings. The molecule has 0 unspecified atom stereocenters. The molecule has 3 rings (SSSR count). The summed E-state index contributed by atoms with van der Waals surface area (Å²) >= 11 is 1.24. The molecule has 0 saturated heterocycles. The lowest BCUT2D eigenvalue weighted by Crippen LogP contribution is -2.16. The van der Waals surface area contributed by atoms with Gasteiger partial charge in [-0.25, -0.2) is 14.9 Å². The fourth-order valence-corrected chi connectivity index (χ4v) is 2.59. The minimum Gasteiger partial charge on any atom is -0.267 e. The molecule has 2 aromatic heterocycles. The smallest absolute Gasteiger partial charge is 0.267 e. The zero-order valence-corrected chi connectivity index (χ0v) is 10.1. The van der Waals surface area contributed by atoms with E-state index in [0.717, 1.165) is 12.8 Å². The summed E-state index contributed by atoms with van der Waals surface area (Å²) in [4.78, 5) is 15.8. The van der Waals surface area contributed by atoms with Gasteiger partial charge in [-0.3, -0.25) is 4.57 Å². The first-order valence-electron chi connectivity index (χ1n) is 5.49. The van der Waals surface area contributed by atoms with Crippen LogP contribution >= 0.6 is 11.8 Å². The molecular weight excluding hydrogens is 250 g/mol. The lowest BCUT2D eigenvalue weighted by Gasteiger charge is -2.03. The maximum atomic E-state index is 11.6. The quantitative estimate of drug-likeness (QED) is 0.898. The summed E-state index contributed by atoms with van der Waals surface area (Å²) in [5.74, 6) is 0. The van der Waals surface area contributed by atoms with Gasteiger partial charge < -0.3 is 0 Å². The highest BCUT2D eigenvalue weighted by molar-refractivity contribution is 7.99. The fraction of sp³-hybridized carbons (Fsp3) is 0.273. The predicted octanol–water partition coefficient (Wildman–Crippen LogP) is 1.32. The maximum absolute atomic E-state index is 11.6. The SMILES string of the molecule is N#Cc1cccnc1Sc1n[nH]c(=O)n1C1CC1. The van der Waals surface area contributed by atoms with Gasteiger partial charge in [0, 0.05) is 12.2 Å². The van der Waals surface area contributed by atoms with Crippen LogP contribution in [0.15, 0.2) is 33.3 Å². The van der Waals surface area contributed by atoms with Crippen molar-refractivity contribution in [2.45, 2.75) is 29.1 Å². The van der Waals surface area contributed by atoms with Crippen molar-refractivity contribution in [3.63, 3.8) is 0 Å². The Bertz CT molecular complexity index is 679. The molecule has 0 amide bonds. The van der Waals surface area contributed by atoms with Crippen molar-refractivity contribution in [3.8, 4) is 6.07 Å². The van der Waals surface area contributed by atoms with E-state index in [4.69, 9.17) is 5.26 Å². The molecule has 7 heteroatoms. The van der Waals surface area contributed by atoms with Crippen LogP contribution in [-0.4, -0.2) is 19.7 Å². The van der Waals surface area contributed by atoms with Gasteiger partial charge in [0.05, 0.1) is 5.56 Å². The van der Waals surface area contributed by atoms with Crippen LogP contribution in [0, 0.1) is 11.3 Å². The van der Waals surface area contributed by atoms with Gasteiger partial charge in [-0.15, -0.1) is 5.10 Å². The summed E-state index contributed by atoms with van der Waals surface area (Å²) in [5.41, 5.74) is 0.287. The Labute approximate surface area is 107 Å². The zero-order valence-electron chi connectivity index (χ0n) is 9.33. The number of hydrogen-bond donors (Lipinski definition) is 1. The van der Waals surface area contributed by atoms with Crippen LogP contribution in [0.2, 0.25) is 0 Å². The highest BCUT2D eigenvalue weighted by atomic mass is 32.2. The standard InChI is InChI=1S/C11H9N5OS/c12-6-7-2-1-5-13-9(7)18-11-15-14-10(17)16(11)8-3-4-8/h1-2,5,8H,3-4H2,(H,14,17). The normalized spacial score (nSPS) is 14.4. The second-order valence-corrected chi connectivity index (χ2v) is 4.94. The van der Waals surface area contributed by atoms with Crippen LogP contribution in [0.1, 0.15) is 24.4 Å². The first-order valence-corrected chi connectivity index (χ1v) is 6.31. The molecule has 6 nitrogen and oxygen atoms in total. The van der Waals surface area contributed by atoms with Crippen molar-refractivity contribution in [3.05, 3.63) is 34.4 Å². The van der Waals surface area contributed by atoms with Gasteiger partial charge in [0.15, 0.2) is 5.16 Å². The molecule has 0 bridgehead atoms. The summed E-state index contributed by atoms with van der Waals surface area (Å²) in [6, 6.07) is 5.73. The van der Waals surface area contributed by atoms with E-state index in [1.54, 1.807) is 22.9 Å². The Balaban J connectivity index is 1.98. The molecular formula is C11H9N5OS. The number of aromatic nitrogens is 4. The predicted molar refractivity (Wildman–Crippen MR) is 64.2 cm³/mol. The third-order valence-corrected chi connectivity index (χ3v) is 3.65. The molecule has 1 N–H and O–H groups in total. The van der Waals surface area contributed by atoms with Gasteiger partial charge in [-0.05, 0) is 36.7 Å². The number of rotatable bonds is 3. The van der Waals surface area contributed by atoms with E-state index in [9.17, 15) is 4.79 Å². The molecule has 0 aliphatic heterocycles. The van der Waals surface area contributed by atoms with Crippen molar-refractivity contribution >= 4 is 11.8 Å². The molecule has 0 radical (unpaired) electrons. The first-order chi connectivity index (χ1) is 8.79. The maximum Gasteiger partial charge on any atom is 0.344 e. The summed E-state index contributed by atoms with van der Waals surface area (Å²) < 4.78 is 1.64. The summed E-state index contributed by atoms with van der Waals surface area (Å²) in [6.45, 7) is 0. The van der Waals surface area contributed by atoms with Gasteiger partial charge >= 0.3 is 5.69 Å². The van der Waals surface area contributed by atoms with E-state index >= 15 is 0 Å². The minimum absolute atomic E-state index is 0.200. The highest BCUT2D eigenvalue weighted by Gasteiger charge is 2.29. The molecule has 90 valence electrons. The van der Waals surface area contributed by atoms with E-state index in [2.05, 4.69) is 21.3 Å². The molecule has 2 heterocycles. The van der Waals surface area contributed by atoms with Crippen molar-refractivity contribution in [1.82, 2.24) is 19.7 Å². The molecule has 1 aliphatic carbocycles. The lowest BCUT2D eigenvalue weighted by atomic mass is 10.3. The van der Waals surface area contributed by atoms with Gasteiger partial charge in [-0.2, -0.15) is 5.26 Å². The molecule has 1 aliphatic rings. The summed E-state index contributed by atoms with van der Waals surface area (Å²) in [6.07, 6.45) is 3.62. The average molecular weight is 259 g/mol. The second-order valence-electron chi connectivity index (χ2n) is 3.98. The van der Waals surface area contributed by atoms with E-state index < -0.39 is 0 Å². The molecule has 0 aromatic carbocycles. The number of nitrogens with zero attached hydrogens (tertiary/aromatic N) is 4. The zero-order chi connectivity index (χ0) is 12.5. The third-order valence-electron chi connectivity index (χ3n) is 2.66. The highest BCUT2D eigenvalue weighted by Crippen LogP contribution is 2.37. The number of hydrogen-bond acceptors (Lipinski definition) is 5. The van der Waals surface area contributed by atoms with Crippen LogP contribution in [-0.2, 0) is 0 Å². The number of nitrogens with one attached hydrogen (secondary N) is 1.